The van der Waals surface area contributed by atoms with Gasteiger partial charge in [-0.1, -0.05) is 13.8 Å². The number of rotatable bonds is 9. The minimum absolute atomic E-state index is 0.254. The lowest BCUT2D eigenvalue weighted by molar-refractivity contribution is 0.149. The van der Waals surface area contributed by atoms with Crippen LogP contribution in [0.25, 0.3) is 0 Å². The highest BCUT2D eigenvalue weighted by Gasteiger charge is 2.14. The van der Waals surface area contributed by atoms with E-state index in [2.05, 4.69) is 12.2 Å². The van der Waals surface area contributed by atoms with E-state index in [1.54, 1.807) is 7.11 Å². The van der Waals surface area contributed by atoms with Gasteiger partial charge in [-0.15, -0.1) is 0 Å². The molecular formula is C11H25NO3S. The van der Waals surface area contributed by atoms with Gasteiger partial charge < -0.3 is 10.1 Å². The van der Waals surface area contributed by atoms with Gasteiger partial charge in [0.25, 0.3) is 0 Å². The first-order valence-corrected chi connectivity index (χ1v) is 7.85. The average Bonchev–Trinajstić information content (AvgIpc) is 2.14. The van der Waals surface area contributed by atoms with Crippen molar-refractivity contribution in [2.75, 3.05) is 32.3 Å². The van der Waals surface area contributed by atoms with E-state index >= 15 is 0 Å². The Balaban J connectivity index is 4.06. The van der Waals surface area contributed by atoms with Crippen LogP contribution in [0.3, 0.4) is 0 Å². The van der Waals surface area contributed by atoms with Gasteiger partial charge in [0.05, 0.1) is 5.75 Å². The molecule has 0 aromatic rings. The van der Waals surface area contributed by atoms with Crippen molar-refractivity contribution in [1.82, 2.24) is 5.32 Å². The monoisotopic (exact) mass is 251 g/mol. The maximum Gasteiger partial charge on any atom is 0.147 e. The van der Waals surface area contributed by atoms with Crippen LogP contribution in [0.15, 0.2) is 0 Å². The minimum atomic E-state index is -2.86. The summed E-state index contributed by atoms with van der Waals surface area (Å²) in [6.45, 7) is 5.75. The second-order valence-corrected chi connectivity index (χ2v) is 6.73. The van der Waals surface area contributed by atoms with Gasteiger partial charge in [0.1, 0.15) is 9.84 Å². The molecule has 0 saturated carbocycles. The topological polar surface area (TPSA) is 55.4 Å². The van der Waals surface area contributed by atoms with Gasteiger partial charge >= 0.3 is 0 Å². The Labute approximate surface area is 99.7 Å². The molecule has 5 heteroatoms. The number of sulfone groups is 1. The standard InChI is InChI=1S/C11H25NO3S/c1-5-12-11(6-7-16(4,13)14)8-10(2)9-15-3/h10-12H,5-9H2,1-4H3. The molecule has 2 unspecified atom stereocenters. The molecule has 0 aliphatic carbocycles. The molecule has 0 spiro atoms. The largest absolute Gasteiger partial charge is 0.384 e. The van der Waals surface area contributed by atoms with Crippen LogP contribution in [0.4, 0.5) is 0 Å². The zero-order chi connectivity index (χ0) is 12.6. The molecule has 0 rings (SSSR count). The van der Waals surface area contributed by atoms with Gasteiger partial charge in [-0.2, -0.15) is 0 Å². The molecule has 2 atom stereocenters. The Morgan fingerprint density at radius 1 is 1.38 bits per heavy atom. The fourth-order valence-corrected chi connectivity index (χ4v) is 2.50. The summed E-state index contributed by atoms with van der Waals surface area (Å²) < 4.78 is 27.3. The fraction of sp³-hybridized carbons (Fsp3) is 1.00. The van der Waals surface area contributed by atoms with Crippen LogP contribution in [0.1, 0.15) is 26.7 Å². The van der Waals surface area contributed by atoms with Gasteiger partial charge in [-0.25, -0.2) is 8.42 Å². The molecule has 0 aromatic heterocycles. The van der Waals surface area contributed by atoms with Crippen molar-refractivity contribution in [3.63, 3.8) is 0 Å². The molecule has 0 bridgehead atoms. The molecule has 98 valence electrons. The first-order chi connectivity index (χ1) is 7.39. The van der Waals surface area contributed by atoms with Crippen LogP contribution in [0.2, 0.25) is 0 Å². The number of ether oxygens (including phenoxy) is 1. The Morgan fingerprint density at radius 2 is 2.00 bits per heavy atom. The Bertz CT molecular complexity index is 264. The summed E-state index contributed by atoms with van der Waals surface area (Å²) in [4.78, 5) is 0. The van der Waals surface area contributed by atoms with Gasteiger partial charge in [0.2, 0.25) is 0 Å². The lowest BCUT2D eigenvalue weighted by Gasteiger charge is -2.21. The summed E-state index contributed by atoms with van der Waals surface area (Å²) >= 11 is 0. The van der Waals surface area contributed by atoms with Gasteiger partial charge in [-0.05, 0) is 25.3 Å². The van der Waals surface area contributed by atoms with E-state index in [4.69, 9.17) is 4.74 Å². The fourth-order valence-electron chi connectivity index (χ4n) is 1.79. The average molecular weight is 251 g/mol. The predicted molar refractivity (Wildman–Crippen MR) is 67.4 cm³/mol. The summed E-state index contributed by atoms with van der Waals surface area (Å²) in [5, 5.41) is 3.32. The maximum atomic E-state index is 11.1. The molecule has 0 aromatic carbocycles. The third kappa shape index (κ3) is 9.12. The number of methoxy groups -OCH3 is 1. The number of nitrogens with one attached hydrogen (secondary N) is 1. The molecule has 0 radical (unpaired) electrons. The minimum Gasteiger partial charge on any atom is -0.384 e. The molecule has 0 saturated heterocycles. The summed E-state index contributed by atoms with van der Waals surface area (Å²) in [6, 6.07) is 0.268. The quantitative estimate of drug-likeness (QED) is 0.666. The van der Waals surface area contributed by atoms with Crippen LogP contribution in [-0.4, -0.2) is 46.7 Å². The Kier molecular flexibility index (Phi) is 7.97. The second kappa shape index (κ2) is 8.03. The van der Waals surface area contributed by atoms with Crippen molar-refractivity contribution in [1.29, 1.82) is 0 Å². The van der Waals surface area contributed by atoms with Crippen LogP contribution in [0.5, 0.6) is 0 Å². The molecule has 1 N–H and O–H groups in total. The molecule has 0 aliphatic heterocycles. The van der Waals surface area contributed by atoms with Crippen molar-refractivity contribution in [2.45, 2.75) is 32.7 Å². The van der Waals surface area contributed by atoms with Crippen molar-refractivity contribution in [3.8, 4) is 0 Å². The van der Waals surface area contributed by atoms with Gasteiger partial charge in [0.15, 0.2) is 0 Å². The van der Waals surface area contributed by atoms with Gasteiger partial charge in [-0.3, -0.25) is 0 Å². The second-order valence-electron chi connectivity index (χ2n) is 4.47. The highest BCUT2D eigenvalue weighted by molar-refractivity contribution is 7.90. The van der Waals surface area contributed by atoms with E-state index in [1.807, 2.05) is 6.92 Å². The smallest absolute Gasteiger partial charge is 0.147 e. The van der Waals surface area contributed by atoms with E-state index in [9.17, 15) is 8.42 Å². The molecule has 0 amide bonds. The lowest BCUT2D eigenvalue weighted by atomic mass is 10.0. The maximum absolute atomic E-state index is 11.1. The molecule has 0 heterocycles. The van der Waals surface area contributed by atoms with Crippen LogP contribution >= 0.6 is 0 Å². The zero-order valence-corrected chi connectivity index (χ0v) is 11.6. The number of hydrogen-bond acceptors (Lipinski definition) is 4. The van der Waals surface area contributed by atoms with Gasteiger partial charge in [0, 0.05) is 26.0 Å². The van der Waals surface area contributed by atoms with E-state index in [1.165, 1.54) is 6.26 Å². The number of hydrogen-bond donors (Lipinski definition) is 1. The zero-order valence-electron chi connectivity index (χ0n) is 10.8. The first kappa shape index (κ1) is 15.9. The molecule has 4 nitrogen and oxygen atoms in total. The third-order valence-corrected chi connectivity index (χ3v) is 3.45. The summed E-state index contributed by atoms with van der Waals surface area (Å²) in [5.74, 6) is 0.707. The molecular weight excluding hydrogens is 226 g/mol. The van der Waals surface area contributed by atoms with E-state index in [0.717, 1.165) is 19.6 Å². The highest BCUT2D eigenvalue weighted by Crippen LogP contribution is 2.10. The lowest BCUT2D eigenvalue weighted by Crippen LogP contribution is -2.33. The van der Waals surface area contributed by atoms with Crippen molar-refractivity contribution in [3.05, 3.63) is 0 Å². The van der Waals surface area contributed by atoms with E-state index < -0.39 is 9.84 Å². The van der Waals surface area contributed by atoms with Crippen molar-refractivity contribution < 1.29 is 13.2 Å². The van der Waals surface area contributed by atoms with Crippen LogP contribution in [0, 0.1) is 5.92 Å². The first-order valence-electron chi connectivity index (χ1n) is 5.79. The van der Waals surface area contributed by atoms with E-state index in [-0.39, 0.29) is 11.8 Å². The Hall–Kier alpha value is -0.130. The van der Waals surface area contributed by atoms with Crippen LogP contribution < -0.4 is 5.32 Å². The summed E-state index contributed by atoms with van der Waals surface area (Å²) in [6.07, 6.45) is 2.92. The van der Waals surface area contributed by atoms with Crippen molar-refractivity contribution >= 4 is 9.84 Å². The normalized spacial score (nSPS) is 16.0. The SMILES string of the molecule is CCNC(CCS(C)(=O)=O)CC(C)COC. The highest BCUT2D eigenvalue weighted by atomic mass is 32.2. The van der Waals surface area contributed by atoms with Crippen LogP contribution in [-0.2, 0) is 14.6 Å². The van der Waals surface area contributed by atoms with Crippen molar-refractivity contribution in [2.24, 2.45) is 5.92 Å². The molecule has 0 fully saturated rings. The van der Waals surface area contributed by atoms with E-state index in [0.29, 0.717) is 12.3 Å². The summed E-state index contributed by atoms with van der Waals surface area (Å²) in [5.41, 5.74) is 0. The third-order valence-electron chi connectivity index (χ3n) is 2.47. The Morgan fingerprint density at radius 3 is 2.44 bits per heavy atom. The summed E-state index contributed by atoms with van der Waals surface area (Å²) in [7, 11) is -1.17. The predicted octanol–water partition coefficient (Wildman–Crippen LogP) is 1.07. The molecule has 0 aliphatic rings. The molecule has 16 heavy (non-hydrogen) atoms.